The molecule has 0 radical (unpaired) electrons. The highest BCUT2D eigenvalue weighted by Gasteiger charge is 2.23. The number of alkyl carbamates (subject to hydrolysis) is 1. The second-order valence-corrected chi connectivity index (χ2v) is 18.4. The van der Waals surface area contributed by atoms with Gasteiger partial charge in [-0.3, -0.25) is 0 Å². The van der Waals surface area contributed by atoms with Crippen LogP contribution in [0.5, 0.6) is 0 Å². The van der Waals surface area contributed by atoms with E-state index in [9.17, 15) is 28.8 Å². The summed E-state index contributed by atoms with van der Waals surface area (Å²) in [4.78, 5) is 74.9. The summed E-state index contributed by atoms with van der Waals surface area (Å²) in [7, 11) is 1.53. The molecular formula is C40H81N13O7S. The molecule has 0 aliphatic carbocycles. The fraction of sp³-hybridized carbons (Fsp3) is 0.825. The monoisotopic (exact) mass is 888 g/mol. The summed E-state index contributed by atoms with van der Waals surface area (Å²) in [6.45, 7) is 26.3. The van der Waals surface area contributed by atoms with Crippen LogP contribution in [-0.2, 0) is 4.74 Å². The number of ether oxygens (including phenoxy) is 1. The number of urea groups is 5. The summed E-state index contributed by atoms with van der Waals surface area (Å²) in [5, 5.41) is 37.5. The van der Waals surface area contributed by atoms with Crippen LogP contribution in [0.25, 0.3) is 0 Å². The Bertz CT molecular complexity index is 1360. The number of hydrogen-bond acceptors (Lipinski definition) is 8. The molecule has 0 unspecified atom stereocenters. The molecule has 0 fully saturated rings. The van der Waals surface area contributed by atoms with E-state index in [-0.39, 0.29) is 86.2 Å². The lowest BCUT2D eigenvalue weighted by Crippen LogP contribution is -2.55. The molecule has 0 bridgehead atoms. The third-order valence-electron chi connectivity index (χ3n) is 8.91. The third kappa shape index (κ3) is 30.1. The van der Waals surface area contributed by atoms with Gasteiger partial charge in [-0.1, -0.05) is 55.4 Å². The van der Waals surface area contributed by atoms with Crippen molar-refractivity contribution < 1.29 is 33.5 Å². The van der Waals surface area contributed by atoms with E-state index >= 15 is 0 Å². The highest BCUT2D eigenvalue weighted by atomic mass is 32.1. The number of nitrogens with one attached hydrogen (secondary N) is 13. The normalized spacial score (nSPS) is 14.3. The van der Waals surface area contributed by atoms with Gasteiger partial charge in [0.1, 0.15) is 5.60 Å². The molecule has 0 saturated heterocycles. The zero-order chi connectivity index (χ0) is 46.9. The molecule has 0 rings (SSSR count). The summed E-state index contributed by atoms with van der Waals surface area (Å²) < 4.78 is 5.33. The smallest absolute Gasteiger partial charge is 0.407 e. The molecule has 354 valence electrons. The molecule has 0 aliphatic heterocycles. The van der Waals surface area contributed by atoms with Gasteiger partial charge in [-0.25, -0.2) is 28.8 Å². The molecular weight excluding hydrogens is 807 g/mol. The Labute approximate surface area is 370 Å². The Morgan fingerprint density at radius 1 is 0.475 bits per heavy atom. The lowest BCUT2D eigenvalue weighted by Gasteiger charge is -2.26. The summed E-state index contributed by atoms with van der Waals surface area (Å²) in [6, 6.07) is -3.83. The molecule has 0 saturated carbocycles. The van der Waals surface area contributed by atoms with Gasteiger partial charge in [-0.15, -0.1) is 0 Å². The van der Waals surface area contributed by atoms with Crippen molar-refractivity contribution in [3.05, 3.63) is 0 Å². The first-order chi connectivity index (χ1) is 28.3. The SMILES string of the molecule is CNC(=O)NC[C@H](CC(C)C)NC(=O)NC[C@H](C)NC(=S)NC[C@@H](NC(=O)NC[C@H](CC(C)C)NC(=O)NC[C@H](C)NC(=O)NC[C@@H](NC(=O)OC(C)(C)C)C(C)C)C(C)C. The minimum absolute atomic E-state index is 0.0320. The van der Waals surface area contributed by atoms with Gasteiger partial charge in [0.15, 0.2) is 5.11 Å². The first-order valence-corrected chi connectivity index (χ1v) is 21.9. The molecule has 0 spiro atoms. The molecule has 0 aliphatic rings. The average molecular weight is 888 g/mol. The van der Waals surface area contributed by atoms with E-state index < -0.39 is 35.8 Å². The number of thiocarbonyl (C=S) groups is 1. The second kappa shape index (κ2) is 29.5. The van der Waals surface area contributed by atoms with Crippen molar-refractivity contribution in [2.75, 3.05) is 46.3 Å². The van der Waals surface area contributed by atoms with E-state index in [4.69, 9.17) is 17.0 Å². The molecule has 61 heavy (non-hydrogen) atoms. The van der Waals surface area contributed by atoms with Crippen LogP contribution in [0, 0.1) is 23.7 Å². The van der Waals surface area contributed by atoms with Gasteiger partial charge in [-0.2, -0.15) is 0 Å². The second-order valence-electron chi connectivity index (χ2n) is 18.0. The van der Waals surface area contributed by atoms with E-state index in [0.717, 1.165) is 0 Å². The fourth-order valence-corrected chi connectivity index (χ4v) is 5.94. The van der Waals surface area contributed by atoms with Gasteiger partial charge in [0, 0.05) is 70.5 Å². The van der Waals surface area contributed by atoms with Crippen molar-refractivity contribution in [3.8, 4) is 0 Å². The zero-order valence-corrected chi connectivity index (χ0v) is 40.0. The van der Waals surface area contributed by atoms with Crippen LogP contribution in [-0.4, -0.2) is 130 Å². The summed E-state index contributed by atoms with van der Waals surface area (Å²) >= 11 is 5.48. The maximum absolute atomic E-state index is 13.0. The van der Waals surface area contributed by atoms with Crippen LogP contribution in [0.15, 0.2) is 0 Å². The van der Waals surface area contributed by atoms with Crippen LogP contribution < -0.4 is 69.1 Å². The Morgan fingerprint density at radius 3 is 1.30 bits per heavy atom. The van der Waals surface area contributed by atoms with Crippen LogP contribution in [0.1, 0.15) is 103 Å². The first kappa shape index (κ1) is 56.3. The molecule has 11 amide bonds. The van der Waals surface area contributed by atoms with Crippen LogP contribution in [0.2, 0.25) is 0 Å². The average Bonchev–Trinajstić information content (AvgIpc) is 3.12. The number of rotatable bonds is 24. The van der Waals surface area contributed by atoms with Crippen molar-refractivity contribution in [1.29, 1.82) is 0 Å². The molecule has 0 aromatic carbocycles. The highest BCUT2D eigenvalue weighted by Crippen LogP contribution is 2.09. The van der Waals surface area contributed by atoms with E-state index in [1.165, 1.54) is 7.05 Å². The summed E-state index contributed by atoms with van der Waals surface area (Å²) in [6.07, 6.45) is 0.738. The minimum Gasteiger partial charge on any atom is -0.444 e. The van der Waals surface area contributed by atoms with Gasteiger partial charge in [0.2, 0.25) is 0 Å². The van der Waals surface area contributed by atoms with E-state index in [2.05, 4.69) is 69.1 Å². The van der Waals surface area contributed by atoms with Gasteiger partial charge >= 0.3 is 36.2 Å². The molecule has 20 nitrogen and oxygen atoms in total. The van der Waals surface area contributed by atoms with Crippen LogP contribution in [0.3, 0.4) is 0 Å². The number of hydrogen-bond donors (Lipinski definition) is 13. The lowest BCUT2D eigenvalue weighted by atomic mass is 10.0. The van der Waals surface area contributed by atoms with Crippen LogP contribution >= 0.6 is 12.2 Å². The maximum Gasteiger partial charge on any atom is 0.407 e. The number of carbonyl (C=O) groups is 6. The van der Waals surface area contributed by atoms with Gasteiger partial charge in [0.05, 0.1) is 12.1 Å². The van der Waals surface area contributed by atoms with E-state index in [1.54, 1.807) is 27.7 Å². The molecule has 6 atom stereocenters. The molecule has 21 heteroatoms. The predicted octanol–water partition coefficient (Wildman–Crippen LogP) is 2.76. The van der Waals surface area contributed by atoms with Gasteiger partial charge < -0.3 is 73.9 Å². The molecule has 13 N–H and O–H groups in total. The molecule has 0 aromatic rings. The summed E-state index contributed by atoms with van der Waals surface area (Å²) in [5.41, 5.74) is -0.645. The minimum atomic E-state index is -0.645. The van der Waals surface area contributed by atoms with Gasteiger partial charge in [0.25, 0.3) is 0 Å². The molecule has 0 aromatic heterocycles. The summed E-state index contributed by atoms with van der Waals surface area (Å²) in [5.74, 6) is 0.630. The Kier molecular flexibility index (Phi) is 27.3. The largest absolute Gasteiger partial charge is 0.444 e. The highest BCUT2D eigenvalue weighted by molar-refractivity contribution is 7.80. The zero-order valence-electron chi connectivity index (χ0n) is 39.2. The Morgan fingerprint density at radius 2 is 0.852 bits per heavy atom. The van der Waals surface area contributed by atoms with Crippen molar-refractivity contribution in [1.82, 2.24) is 69.1 Å². The van der Waals surface area contributed by atoms with E-state index in [1.807, 2.05) is 62.3 Å². The van der Waals surface area contributed by atoms with Crippen LogP contribution in [0.4, 0.5) is 28.8 Å². The van der Waals surface area contributed by atoms with E-state index in [0.29, 0.717) is 37.0 Å². The van der Waals surface area contributed by atoms with Crippen molar-refractivity contribution in [2.45, 2.75) is 145 Å². The Hall–Kier alpha value is -4.69. The van der Waals surface area contributed by atoms with Crippen molar-refractivity contribution in [2.24, 2.45) is 23.7 Å². The molecule has 0 heterocycles. The van der Waals surface area contributed by atoms with Crippen molar-refractivity contribution in [3.63, 3.8) is 0 Å². The van der Waals surface area contributed by atoms with Crippen molar-refractivity contribution >= 4 is 53.6 Å². The predicted molar refractivity (Wildman–Crippen MR) is 244 cm³/mol. The topological polar surface area (TPSA) is 268 Å². The Balaban J connectivity index is 4.86. The third-order valence-corrected chi connectivity index (χ3v) is 9.18. The van der Waals surface area contributed by atoms with Gasteiger partial charge in [-0.05, 0) is 83.3 Å². The first-order valence-electron chi connectivity index (χ1n) is 21.5. The lowest BCUT2D eigenvalue weighted by molar-refractivity contribution is 0.0490. The maximum atomic E-state index is 13.0. The fourth-order valence-electron chi connectivity index (χ4n) is 5.65. The standard InChI is InChI=1S/C40H81N13O7S/c1-23(2)15-29(19-44-33(54)41-14)50-36(57)43-18-28(10)49-38(61)47-22-31(25(5)6)52-37(58)45-20-30(16-24(3)4)51-35(56)42-17-27(9)48-34(55)46-21-32(26(7)8)53-39(59)60-40(11,12)13/h23-32H,15-22H2,1-14H3,(H,53,59)(H2,41,44,54)(H2,42,51,56)(H2,43,50,57)(H2,45,52,58)(H2,46,48,55)(H2,47,49,61)/t27-,28-,29-,30-,31+,32+/m0/s1. The number of amides is 11. The number of carbonyl (C=O) groups excluding carboxylic acids is 6. The quantitative estimate of drug-likeness (QED) is 0.0631.